The molecule has 0 spiro atoms. The van der Waals surface area contributed by atoms with Gasteiger partial charge in [0.15, 0.2) is 0 Å². The Kier molecular flexibility index (Phi) is 6.05. The predicted molar refractivity (Wildman–Crippen MR) is 120 cm³/mol. The molecule has 0 saturated carbocycles. The highest BCUT2D eigenvalue weighted by atomic mass is 32.1. The number of amides is 4. The van der Waals surface area contributed by atoms with Crippen LogP contribution in [0.25, 0.3) is 10.2 Å². The maximum absolute atomic E-state index is 12.9. The largest absolute Gasteiger partial charge is 0.497 e. The van der Waals surface area contributed by atoms with Gasteiger partial charge in [0.25, 0.3) is 5.91 Å². The molecule has 4 rings (SSSR count). The first-order valence-electron chi connectivity index (χ1n) is 9.82. The zero-order valence-electron chi connectivity index (χ0n) is 17.5. The van der Waals surface area contributed by atoms with Crippen molar-refractivity contribution in [3.8, 4) is 17.6 Å². The Morgan fingerprint density at radius 2 is 2.19 bits per heavy atom. The molecule has 162 valence electrons. The number of aromatic nitrogens is 1. The first-order valence-corrected chi connectivity index (χ1v) is 10.6. The molecule has 1 aromatic heterocycles. The van der Waals surface area contributed by atoms with Gasteiger partial charge in [-0.05, 0) is 42.8 Å². The van der Waals surface area contributed by atoms with Gasteiger partial charge in [-0.15, -0.1) is 11.3 Å². The zero-order valence-corrected chi connectivity index (χ0v) is 18.3. The number of ether oxygens (including phenoxy) is 1. The number of hydrogen-bond donors (Lipinski definition) is 2. The minimum atomic E-state index is -0.686. The molecule has 2 N–H and O–H groups in total. The van der Waals surface area contributed by atoms with Crippen LogP contribution in [0.3, 0.4) is 0 Å². The fourth-order valence-electron chi connectivity index (χ4n) is 3.50. The van der Waals surface area contributed by atoms with Gasteiger partial charge in [0.1, 0.15) is 11.8 Å². The molecule has 32 heavy (non-hydrogen) atoms. The third kappa shape index (κ3) is 4.55. The highest BCUT2D eigenvalue weighted by Gasteiger charge is 2.29. The summed E-state index contributed by atoms with van der Waals surface area (Å²) < 4.78 is 6.23. The summed E-state index contributed by atoms with van der Waals surface area (Å²) in [5, 5.41) is 5.66. The molecule has 0 fully saturated rings. The van der Waals surface area contributed by atoms with Crippen molar-refractivity contribution < 1.29 is 19.1 Å². The molecule has 1 atom stereocenters. The number of nitrogens with zero attached hydrogens (tertiary/aromatic N) is 2. The van der Waals surface area contributed by atoms with Crippen molar-refractivity contribution in [2.75, 3.05) is 13.7 Å². The number of thiazole rings is 1. The van der Waals surface area contributed by atoms with Gasteiger partial charge in [0.05, 0.1) is 28.9 Å². The van der Waals surface area contributed by atoms with Crippen molar-refractivity contribution in [3.05, 3.63) is 58.1 Å². The van der Waals surface area contributed by atoms with Crippen LogP contribution in [-0.4, -0.2) is 47.9 Å². The van der Waals surface area contributed by atoms with Crippen LogP contribution in [0.1, 0.15) is 26.5 Å². The lowest BCUT2D eigenvalue weighted by Gasteiger charge is -2.21. The highest BCUT2D eigenvalue weighted by molar-refractivity contribution is 7.18. The summed E-state index contributed by atoms with van der Waals surface area (Å²) in [4.78, 5) is 41.5. The second kappa shape index (κ2) is 9.08. The second-order valence-electron chi connectivity index (χ2n) is 7.18. The molecule has 0 unspecified atom stereocenters. The van der Waals surface area contributed by atoms with Gasteiger partial charge in [-0.2, -0.15) is 0 Å². The Balaban J connectivity index is 1.55. The van der Waals surface area contributed by atoms with Crippen molar-refractivity contribution in [2.45, 2.75) is 19.5 Å². The Morgan fingerprint density at radius 3 is 2.97 bits per heavy atom. The number of methoxy groups -OCH3 is 1. The van der Waals surface area contributed by atoms with E-state index in [2.05, 4.69) is 22.1 Å². The summed E-state index contributed by atoms with van der Waals surface area (Å²) in [5.41, 5.74) is 3.13. The maximum Gasteiger partial charge on any atom is 0.322 e. The summed E-state index contributed by atoms with van der Waals surface area (Å²) in [6, 6.07) is 9.70. The van der Waals surface area contributed by atoms with E-state index in [-0.39, 0.29) is 12.5 Å². The van der Waals surface area contributed by atoms with E-state index in [0.29, 0.717) is 24.3 Å². The molecule has 2 heterocycles. The van der Waals surface area contributed by atoms with Crippen LogP contribution in [0, 0.1) is 18.8 Å². The van der Waals surface area contributed by atoms with E-state index >= 15 is 0 Å². The lowest BCUT2D eigenvalue weighted by Crippen LogP contribution is -2.46. The van der Waals surface area contributed by atoms with E-state index in [1.54, 1.807) is 35.5 Å². The van der Waals surface area contributed by atoms with Gasteiger partial charge in [0, 0.05) is 17.7 Å². The van der Waals surface area contributed by atoms with Gasteiger partial charge in [-0.25, -0.2) is 9.78 Å². The Hall–Kier alpha value is -3.90. The number of nitrogens with one attached hydrogen (secondary N) is 2. The molecule has 0 aliphatic carbocycles. The quantitative estimate of drug-likeness (QED) is 0.461. The number of carbonyl (C=O) groups is 3. The molecule has 8 nitrogen and oxygen atoms in total. The van der Waals surface area contributed by atoms with Crippen molar-refractivity contribution in [1.29, 1.82) is 0 Å². The van der Waals surface area contributed by atoms with Crippen LogP contribution < -0.4 is 15.4 Å². The minimum absolute atomic E-state index is 0.162. The molecule has 1 aliphatic rings. The van der Waals surface area contributed by atoms with Gasteiger partial charge in [-0.3, -0.25) is 14.9 Å². The van der Waals surface area contributed by atoms with E-state index in [0.717, 1.165) is 26.4 Å². The number of rotatable bonds is 5. The van der Waals surface area contributed by atoms with Crippen LogP contribution in [0.5, 0.6) is 5.75 Å². The fraction of sp³-hybridized carbons (Fsp3) is 0.217. The van der Waals surface area contributed by atoms with Crippen LogP contribution >= 0.6 is 11.3 Å². The number of fused-ring (bicyclic) bond motifs is 2. The summed E-state index contributed by atoms with van der Waals surface area (Å²) in [5.74, 6) is 6.53. The molecule has 9 heteroatoms. The van der Waals surface area contributed by atoms with Crippen LogP contribution in [0.4, 0.5) is 4.79 Å². The van der Waals surface area contributed by atoms with E-state index in [1.165, 1.54) is 0 Å². The number of imide groups is 1. The number of aryl methyl sites for hydroxylation is 1. The van der Waals surface area contributed by atoms with Gasteiger partial charge < -0.3 is 15.0 Å². The monoisotopic (exact) mass is 448 g/mol. The van der Waals surface area contributed by atoms with Crippen molar-refractivity contribution in [2.24, 2.45) is 0 Å². The molecule has 0 saturated heterocycles. The van der Waals surface area contributed by atoms with Crippen LogP contribution in [0.15, 0.2) is 36.4 Å². The third-order valence-electron chi connectivity index (χ3n) is 4.98. The lowest BCUT2D eigenvalue weighted by molar-refractivity contribution is -0.108. The maximum atomic E-state index is 12.9. The number of urea groups is 1. The minimum Gasteiger partial charge on any atom is -0.497 e. The Labute approximate surface area is 188 Å². The summed E-state index contributed by atoms with van der Waals surface area (Å²) in [7, 11) is 1.55. The average Bonchev–Trinajstić information content (AvgIpc) is 3.30. The number of hydrogen-bond acceptors (Lipinski definition) is 6. The van der Waals surface area contributed by atoms with Crippen molar-refractivity contribution in [3.63, 3.8) is 0 Å². The second-order valence-corrected chi connectivity index (χ2v) is 8.42. The van der Waals surface area contributed by atoms with Crippen molar-refractivity contribution >= 4 is 39.9 Å². The molecule has 2 aromatic carbocycles. The molecular weight excluding hydrogens is 428 g/mol. The van der Waals surface area contributed by atoms with E-state index in [4.69, 9.17) is 4.74 Å². The summed E-state index contributed by atoms with van der Waals surface area (Å²) in [6.45, 7) is 2.51. The Bertz CT molecular complexity index is 1270. The fourth-order valence-corrected chi connectivity index (χ4v) is 4.37. The molecule has 0 radical (unpaired) electrons. The van der Waals surface area contributed by atoms with E-state index in [1.807, 2.05) is 36.5 Å². The van der Waals surface area contributed by atoms with Gasteiger partial charge in [0.2, 0.25) is 6.41 Å². The molecule has 3 aromatic rings. The SMILES string of the molecule is COc1ccc2c(c1)C(=O)N(C[C@@H](C#Cc1ccc3nc(C)sc3c1)NC(=O)NC=O)C2. The van der Waals surface area contributed by atoms with Gasteiger partial charge >= 0.3 is 6.03 Å². The number of carbonyl (C=O) groups excluding carboxylic acids is 3. The lowest BCUT2D eigenvalue weighted by atomic mass is 10.1. The Morgan fingerprint density at radius 1 is 1.34 bits per heavy atom. The molecule has 1 aliphatic heterocycles. The zero-order chi connectivity index (χ0) is 22.7. The van der Waals surface area contributed by atoms with E-state index < -0.39 is 12.1 Å². The average molecular weight is 449 g/mol. The molecule has 4 amide bonds. The smallest absolute Gasteiger partial charge is 0.322 e. The summed E-state index contributed by atoms with van der Waals surface area (Å²) >= 11 is 1.58. The van der Waals surface area contributed by atoms with E-state index in [9.17, 15) is 14.4 Å². The van der Waals surface area contributed by atoms with Crippen LogP contribution in [-0.2, 0) is 11.3 Å². The highest BCUT2D eigenvalue weighted by Crippen LogP contribution is 2.27. The third-order valence-corrected chi connectivity index (χ3v) is 5.91. The molecule has 0 bridgehead atoms. The van der Waals surface area contributed by atoms with Crippen molar-refractivity contribution in [1.82, 2.24) is 20.5 Å². The van der Waals surface area contributed by atoms with Crippen LogP contribution in [0.2, 0.25) is 0 Å². The standard InChI is InChI=1S/C23H20N4O4S/c1-14-25-20-8-4-15(9-21(20)32-14)3-6-17(26-23(30)24-13-28)12-27-11-16-5-7-18(31-2)10-19(16)22(27)29/h4-5,7-10,13,17H,11-12H2,1-2H3,(H2,24,26,28,30)/t17-/m1/s1. The number of benzene rings is 2. The predicted octanol–water partition coefficient (Wildman–Crippen LogP) is 2.45. The summed E-state index contributed by atoms with van der Waals surface area (Å²) in [6.07, 6.45) is 0.295. The molecular formula is C23H20N4O4S. The normalized spacial score (nSPS) is 13.2. The first-order chi connectivity index (χ1) is 15.5. The first kappa shape index (κ1) is 21.3. The topological polar surface area (TPSA) is 101 Å². The van der Waals surface area contributed by atoms with Gasteiger partial charge in [-0.1, -0.05) is 17.9 Å².